The largest absolute Gasteiger partial charge is 4.00 e. The fourth-order valence-corrected chi connectivity index (χ4v) is 0. The number of rotatable bonds is 0. The van der Waals surface area contributed by atoms with Crippen molar-refractivity contribution in [3.05, 3.63) is 0 Å². The van der Waals surface area contributed by atoms with Crippen LogP contribution in [0.5, 0.6) is 0 Å². The molecule has 108 valence electrons. The Balaban J connectivity index is 0. The summed E-state index contributed by atoms with van der Waals surface area (Å²) in [7, 11) is 0. The van der Waals surface area contributed by atoms with Crippen LogP contribution in [0.2, 0.25) is 0 Å². The van der Waals surface area contributed by atoms with Gasteiger partial charge in [0.15, 0.2) is 0 Å². The van der Waals surface area contributed by atoms with E-state index in [1.807, 2.05) is 0 Å². The molecule has 11 nitrogen and oxygen atoms in total. The fraction of sp³-hybridized carbons (Fsp3) is 0. The van der Waals surface area contributed by atoms with Crippen LogP contribution in [0.25, 0.3) is 0 Å². The third-order valence-corrected chi connectivity index (χ3v) is 0. The Hall–Kier alpha value is 4.31. The van der Waals surface area contributed by atoms with Gasteiger partial charge in [0.1, 0.15) is 0 Å². The SMILES string of the molecule is [Fe+3].[Fe+3].[Mn+2].[Mn+2].[O-2].[O-2].[O-2].[O-2].[O-2].[O-2].[O-2].[O-2].[O-2].[O-2].[O-2].[Ti+4].[Ti+4].[Zn+2].[Zn+2]. The minimum Gasteiger partial charge on any atom is -2.00 e. The van der Waals surface area contributed by atoms with Crippen molar-refractivity contribution in [2.75, 3.05) is 0 Å². The molecule has 0 rings (SSSR count). The molecule has 0 aromatic heterocycles. The third-order valence-electron chi connectivity index (χ3n) is 0. The second-order valence-corrected chi connectivity index (χ2v) is 0. The minimum atomic E-state index is 0. The molecule has 0 amide bonds. The smallest absolute Gasteiger partial charge is 2.00 e. The first-order valence-electron chi connectivity index (χ1n) is 0. The van der Waals surface area contributed by atoms with Crippen LogP contribution in [-0.2, 0) is 211 Å². The van der Waals surface area contributed by atoms with Crippen molar-refractivity contribution in [2.45, 2.75) is 0 Å². The molecule has 0 aliphatic heterocycles. The van der Waals surface area contributed by atoms with Gasteiger partial charge >= 0.3 is 151 Å². The number of hydrogen-bond donors (Lipinski definition) is 0. The van der Waals surface area contributed by atoms with Crippen molar-refractivity contribution < 1.29 is 211 Å². The zero-order valence-electron chi connectivity index (χ0n) is 8.37. The van der Waals surface area contributed by atoms with Crippen LogP contribution in [0.3, 0.4) is 0 Å². The van der Waals surface area contributed by atoms with Crippen LogP contribution in [0.15, 0.2) is 0 Å². The van der Waals surface area contributed by atoms with E-state index in [0.29, 0.717) is 0 Å². The molecule has 0 unspecified atom stereocenters. The molecule has 0 bridgehead atoms. The Labute approximate surface area is 208 Å². The summed E-state index contributed by atoms with van der Waals surface area (Å²) in [6.07, 6.45) is 0. The molecule has 0 aromatic carbocycles. The van der Waals surface area contributed by atoms with Crippen molar-refractivity contribution in [2.24, 2.45) is 0 Å². The molecule has 0 aliphatic carbocycles. The van der Waals surface area contributed by atoms with E-state index >= 15 is 0 Å². The standard InChI is InChI=1S/2Fe.2Mn.11O.2Ti.2Zn/q2*+3;2*+2;11*-2;2*+4;2*+2. The molecule has 0 fully saturated rings. The topological polar surface area (TPSA) is 314 Å². The maximum Gasteiger partial charge on any atom is 4.00 e. The first kappa shape index (κ1) is 624. The normalized spacial score (nSPS) is 0. The van der Waals surface area contributed by atoms with Gasteiger partial charge in [-0.3, -0.25) is 0 Å². The summed E-state index contributed by atoms with van der Waals surface area (Å²) in [5.41, 5.74) is 0. The van der Waals surface area contributed by atoms with Crippen molar-refractivity contribution in [3.8, 4) is 0 Å². The zero-order chi connectivity index (χ0) is 0. The van der Waals surface area contributed by atoms with Gasteiger partial charge in [-0.1, -0.05) is 0 Å². The summed E-state index contributed by atoms with van der Waals surface area (Å²) >= 11 is 0. The quantitative estimate of drug-likeness (QED) is 0.283. The van der Waals surface area contributed by atoms with E-state index in [1.54, 1.807) is 0 Å². The summed E-state index contributed by atoms with van der Waals surface area (Å²) in [5, 5.41) is 0. The van der Waals surface area contributed by atoms with Crippen molar-refractivity contribution in [1.82, 2.24) is 0 Å². The zero-order valence-corrected chi connectivity index (χ0v) is 22.0. The molecular formula is Fe2Mn2O11Ti2Zn2. The minimum absolute atomic E-state index is 0. The van der Waals surface area contributed by atoms with Crippen LogP contribution in [-0.4, -0.2) is 0 Å². The Bertz CT molecular complexity index is 34.7. The van der Waals surface area contributed by atoms with Gasteiger partial charge in [-0.25, -0.2) is 0 Å². The maximum atomic E-state index is 0. The second-order valence-electron chi connectivity index (χ2n) is 0. The molecule has 4 radical (unpaired) electrons. The summed E-state index contributed by atoms with van der Waals surface area (Å²) < 4.78 is 0. The number of hydrogen-bond acceptors (Lipinski definition) is 0. The van der Waals surface area contributed by atoms with Crippen LogP contribution in [0.4, 0.5) is 0 Å². The van der Waals surface area contributed by atoms with E-state index in [-0.39, 0.29) is 211 Å². The van der Waals surface area contributed by atoms with Crippen LogP contribution in [0.1, 0.15) is 0 Å². The van der Waals surface area contributed by atoms with Crippen LogP contribution < -0.4 is 0 Å². The van der Waals surface area contributed by atoms with Gasteiger partial charge in [0.05, 0.1) is 0 Å². The van der Waals surface area contributed by atoms with E-state index in [0.717, 1.165) is 0 Å². The van der Waals surface area contributed by atoms with Crippen LogP contribution in [0, 0.1) is 0 Å². The van der Waals surface area contributed by atoms with Gasteiger partial charge in [-0.15, -0.1) is 0 Å². The summed E-state index contributed by atoms with van der Waals surface area (Å²) in [4.78, 5) is 0. The van der Waals surface area contributed by atoms with Gasteiger partial charge in [0.2, 0.25) is 0 Å². The molecule has 0 heterocycles. The molecule has 0 aliphatic rings. The molecule has 0 aromatic rings. The Morgan fingerprint density at radius 1 is 0.263 bits per heavy atom. The van der Waals surface area contributed by atoms with Gasteiger partial charge in [0, 0.05) is 0 Å². The van der Waals surface area contributed by atoms with E-state index in [2.05, 4.69) is 0 Å². The molecule has 0 saturated carbocycles. The molecule has 0 atom stereocenters. The monoisotopic (exact) mass is 621 g/mol. The molecule has 19 heavy (non-hydrogen) atoms. The first-order valence-corrected chi connectivity index (χ1v) is 0. The van der Waals surface area contributed by atoms with Crippen LogP contribution >= 0.6 is 0 Å². The van der Waals surface area contributed by atoms with E-state index in [1.165, 1.54) is 0 Å². The predicted molar refractivity (Wildman–Crippen MR) is 7.55 cm³/mol. The Morgan fingerprint density at radius 2 is 0.263 bits per heavy atom. The first-order chi connectivity index (χ1) is 0. The second kappa shape index (κ2) is 545. The van der Waals surface area contributed by atoms with E-state index in [9.17, 15) is 0 Å². The summed E-state index contributed by atoms with van der Waals surface area (Å²) in [5.74, 6) is 0. The molecule has 0 saturated heterocycles. The fourth-order valence-electron chi connectivity index (χ4n) is 0. The molecule has 0 spiro atoms. The molecular weight excluding hydrogens is 624 g/mol. The van der Waals surface area contributed by atoms with Crippen molar-refractivity contribution >= 4 is 0 Å². The van der Waals surface area contributed by atoms with Gasteiger partial charge in [0.25, 0.3) is 0 Å². The summed E-state index contributed by atoms with van der Waals surface area (Å²) in [6, 6.07) is 0. The predicted octanol–water partition coefficient (Wildman–Crippen LogP) is -1.33. The molecule has 19 heteroatoms. The molecule has 0 N–H and O–H groups in total. The Kier molecular flexibility index (Phi) is 17900. The van der Waals surface area contributed by atoms with Crippen molar-refractivity contribution in [3.63, 3.8) is 0 Å². The average Bonchev–Trinajstić information content (AvgIpc) is 0. The van der Waals surface area contributed by atoms with E-state index in [4.69, 9.17) is 0 Å². The average molecular weight is 624 g/mol. The van der Waals surface area contributed by atoms with Gasteiger partial charge in [-0.05, 0) is 0 Å². The van der Waals surface area contributed by atoms with Crippen molar-refractivity contribution in [1.29, 1.82) is 0 Å². The van der Waals surface area contributed by atoms with E-state index < -0.39 is 0 Å². The maximum absolute atomic E-state index is 0. The van der Waals surface area contributed by atoms with Gasteiger partial charge < -0.3 is 60.2 Å². The summed E-state index contributed by atoms with van der Waals surface area (Å²) in [6.45, 7) is 0. The third kappa shape index (κ3) is 495. The Morgan fingerprint density at radius 3 is 0.263 bits per heavy atom. The van der Waals surface area contributed by atoms with Gasteiger partial charge in [-0.2, -0.15) is 0 Å².